The third kappa shape index (κ3) is 5.35. The van der Waals surface area contributed by atoms with Gasteiger partial charge < -0.3 is 10.2 Å². The first-order valence-corrected chi connectivity index (χ1v) is 12.1. The molecule has 0 unspecified atom stereocenters. The van der Waals surface area contributed by atoms with Crippen LogP contribution in [0.15, 0.2) is 36.4 Å². The molecule has 1 saturated heterocycles. The Labute approximate surface area is 213 Å². The van der Waals surface area contributed by atoms with Crippen molar-refractivity contribution in [3.63, 3.8) is 0 Å². The largest absolute Gasteiger partial charge is 0.346 e. The number of thiocarbonyl (C=S) groups is 1. The molecular weight excluding hydrogens is 499 g/mol. The summed E-state index contributed by atoms with van der Waals surface area (Å²) in [7, 11) is 0. The van der Waals surface area contributed by atoms with Crippen molar-refractivity contribution in [1.82, 2.24) is 19.6 Å². The predicted octanol–water partition coefficient (Wildman–Crippen LogP) is 5.65. The zero-order chi connectivity index (χ0) is 24.4. The fraction of sp³-hybridized carbons (Fsp3) is 0.333. The van der Waals surface area contributed by atoms with E-state index < -0.39 is 0 Å². The monoisotopic (exact) mass is 523 g/mol. The Kier molecular flexibility index (Phi) is 7.72. The van der Waals surface area contributed by atoms with Crippen molar-refractivity contribution in [1.29, 1.82) is 0 Å². The first-order chi connectivity index (χ1) is 16.2. The van der Waals surface area contributed by atoms with Crippen LogP contribution in [-0.4, -0.2) is 50.9 Å². The minimum Gasteiger partial charge on any atom is -0.346 e. The number of piperazine rings is 1. The van der Waals surface area contributed by atoms with Crippen LogP contribution in [0.5, 0.6) is 0 Å². The van der Waals surface area contributed by atoms with E-state index in [2.05, 4.69) is 20.2 Å². The number of aryl methyl sites for hydroxylation is 1. The van der Waals surface area contributed by atoms with Crippen molar-refractivity contribution in [3.05, 3.63) is 80.6 Å². The molecule has 0 atom stereocenters. The van der Waals surface area contributed by atoms with E-state index in [9.17, 15) is 8.78 Å². The Balaban J connectivity index is 1.38. The van der Waals surface area contributed by atoms with Gasteiger partial charge in [0, 0.05) is 53.9 Å². The van der Waals surface area contributed by atoms with Gasteiger partial charge in [-0.15, -0.1) is 0 Å². The number of rotatable bonds is 5. The van der Waals surface area contributed by atoms with Gasteiger partial charge in [-0.3, -0.25) is 9.58 Å². The lowest BCUT2D eigenvalue weighted by molar-refractivity contribution is 0.175. The summed E-state index contributed by atoms with van der Waals surface area (Å²) in [5, 5.41) is 9.28. The van der Waals surface area contributed by atoms with Crippen LogP contribution in [0.3, 0.4) is 0 Å². The molecule has 0 aliphatic carbocycles. The van der Waals surface area contributed by atoms with Crippen LogP contribution in [0, 0.1) is 25.5 Å². The zero-order valence-corrected chi connectivity index (χ0v) is 21.2. The van der Waals surface area contributed by atoms with Crippen molar-refractivity contribution in [2.45, 2.75) is 26.9 Å². The average molecular weight is 524 g/mol. The number of hydrogen-bond donors (Lipinski definition) is 1. The van der Waals surface area contributed by atoms with Gasteiger partial charge >= 0.3 is 0 Å². The summed E-state index contributed by atoms with van der Waals surface area (Å²) in [6, 6.07) is 9.39. The summed E-state index contributed by atoms with van der Waals surface area (Å²) in [5.74, 6) is -0.647. The number of benzene rings is 2. The standard InChI is InChI=1S/C24H25Cl2F2N5S/c1-15-23(16(2)33(30-15)14-18-20(26)6-4-8-22(18)28)29-24(34)32-11-9-31(10-12-32)13-17-19(25)5-3-7-21(17)27/h3-8H,9-14H2,1-2H3,(H,29,34). The molecule has 34 heavy (non-hydrogen) atoms. The first kappa shape index (κ1) is 24.9. The molecule has 0 radical (unpaired) electrons. The van der Waals surface area contributed by atoms with Crippen molar-refractivity contribution >= 4 is 46.2 Å². The molecule has 0 bridgehead atoms. The number of halogens is 4. The van der Waals surface area contributed by atoms with Gasteiger partial charge in [-0.1, -0.05) is 35.3 Å². The second-order valence-corrected chi connectivity index (χ2v) is 9.50. The summed E-state index contributed by atoms with van der Waals surface area (Å²) in [5.41, 5.74) is 3.33. The second kappa shape index (κ2) is 10.6. The first-order valence-electron chi connectivity index (χ1n) is 10.9. The molecule has 1 aliphatic rings. The predicted molar refractivity (Wildman–Crippen MR) is 137 cm³/mol. The van der Waals surface area contributed by atoms with E-state index in [0.717, 1.165) is 30.2 Å². The van der Waals surface area contributed by atoms with Gasteiger partial charge in [0.15, 0.2) is 5.11 Å². The van der Waals surface area contributed by atoms with Crippen molar-refractivity contribution in [3.8, 4) is 0 Å². The molecule has 3 aromatic rings. The van der Waals surface area contributed by atoms with Crippen molar-refractivity contribution < 1.29 is 8.78 Å². The molecule has 1 fully saturated rings. The highest BCUT2D eigenvalue weighted by Gasteiger charge is 2.23. The van der Waals surface area contributed by atoms with Crippen LogP contribution in [0.4, 0.5) is 14.5 Å². The Morgan fingerprint density at radius 2 is 1.50 bits per heavy atom. The lowest BCUT2D eigenvalue weighted by Crippen LogP contribution is -2.49. The van der Waals surface area contributed by atoms with Gasteiger partial charge in [-0.05, 0) is 50.3 Å². The molecule has 10 heteroatoms. The average Bonchev–Trinajstić information content (AvgIpc) is 3.06. The third-order valence-electron chi connectivity index (χ3n) is 6.09. The fourth-order valence-electron chi connectivity index (χ4n) is 4.07. The molecule has 2 heterocycles. The van der Waals surface area contributed by atoms with Crippen LogP contribution >= 0.6 is 35.4 Å². The van der Waals surface area contributed by atoms with Gasteiger partial charge in [0.05, 0.1) is 23.6 Å². The summed E-state index contributed by atoms with van der Waals surface area (Å²) < 4.78 is 30.1. The number of hydrogen-bond acceptors (Lipinski definition) is 3. The molecule has 0 saturated carbocycles. The van der Waals surface area contributed by atoms with E-state index in [1.165, 1.54) is 12.1 Å². The van der Waals surface area contributed by atoms with E-state index in [1.807, 2.05) is 13.8 Å². The molecule has 1 N–H and O–H groups in total. The second-order valence-electron chi connectivity index (χ2n) is 8.30. The number of aromatic nitrogens is 2. The fourth-order valence-corrected chi connectivity index (χ4v) is 4.80. The van der Waals surface area contributed by atoms with E-state index >= 15 is 0 Å². The molecule has 5 nitrogen and oxygen atoms in total. The SMILES string of the molecule is Cc1nn(Cc2c(F)cccc2Cl)c(C)c1NC(=S)N1CCN(Cc2c(F)cccc2Cl)CC1. The maximum absolute atomic E-state index is 14.2. The van der Waals surface area contributed by atoms with E-state index in [0.29, 0.717) is 45.9 Å². The lowest BCUT2D eigenvalue weighted by Gasteiger charge is -2.36. The van der Waals surface area contributed by atoms with E-state index in [1.54, 1.807) is 28.9 Å². The van der Waals surface area contributed by atoms with Gasteiger partial charge in [0.25, 0.3) is 0 Å². The molecule has 2 aromatic carbocycles. The smallest absolute Gasteiger partial charge is 0.173 e. The Morgan fingerprint density at radius 3 is 2.06 bits per heavy atom. The minimum absolute atomic E-state index is 0.226. The molecule has 0 spiro atoms. The van der Waals surface area contributed by atoms with Gasteiger partial charge in [0.2, 0.25) is 0 Å². The van der Waals surface area contributed by atoms with E-state index in [-0.39, 0.29) is 18.2 Å². The third-order valence-corrected chi connectivity index (χ3v) is 7.15. The van der Waals surface area contributed by atoms with Crippen LogP contribution in [0.1, 0.15) is 22.5 Å². The Hall–Kier alpha value is -2.26. The maximum atomic E-state index is 14.2. The molecular formula is C24H25Cl2F2N5S. The summed E-state index contributed by atoms with van der Waals surface area (Å²) in [4.78, 5) is 4.24. The molecule has 180 valence electrons. The zero-order valence-electron chi connectivity index (χ0n) is 18.9. The number of anilines is 1. The highest BCUT2D eigenvalue weighted by molar-refractivity contribution is 7.80. The number of nitrogens with one attached hydrogen (secondary N) is 1. The topological polar surface area (TPSA) is 36.3 Å². The summed E-state index contributed by atoms with van der Waals surface area (Å²) >= 11 is 18.0. The molecule has 1 aliphatic heterocycles. The van der Waals surface area contributed by atoms with Gasteiger partial charge in [-0.2, -0.15) is 5.10 Å². The van der Waals surface area contributed by atoms with Crippen molar-refractivity contribution in [2.24, 2.45) is 0 Å². The maximum Gasteiger partial charge on any atom is 0.173 e. The van der Waals surface area contributed by atoms with Gasteiger partial charge in [0.1, 0.15) is 11.6 Å². The summed E-state index contributed by atoms with van der Waals surface area (Å²) in [6.07, 6.45) is 0. The summed E-state index contributed by atoms with van der Waals surface area (Å²) in [6.45, 7) is 7.35. The molecule has 0 amide bonds. The van der Waals surface area contributed by atoms with Gasteiger partial charge in [-0.25, -0.2) is 8.78 Å². The van der Waals surface area contributed by atoms with Crippen LogP contribution in [0.25, 0.3) is 0 Å². The molecule has 1 aromatic heterocycles. The quantitative estimate of drug-likeness (QED) is 0.437. The molecule has 4 rings (SSSR count). The normalized spacial score (nSPS) is 14.5. The minimum atomic E-state index is -0.361. The van der Waals surface area contributed by atoms with Crippen LogP contribution in [-0.2, 0) is 13.1 Å². The van der Waals surface area contributed by atoms with E-state index in [4.69, 9.17) is 35.4 Å². The highest BCUT2D eigenvalue weighted by atomic mass is 35.5. The Morgan fingerprint density at radius 1 is 0.941 bits per heavy atom. The van der Waals surface area contributed by atoms with Crippen LogP contribution < -0.4 is 5.32 Å². The Bertz CT molecular complexity index is 1170. The highest BCUT2D eigenvalue weighted by Crippen LogP contribution is 2.25. The number of nitrogens with zero attached hydrogens (tertiary/aromatic N) is 4. The lowest BCUT2D eigenvalue weighted by atomic mass is 10.2. The van der Waals surface area contributed by atoms with Crippen LogP contribution in [0.2, 0.25) is 10.0 Å². The van der Waals surface area contributed by atoms with Crippen molar-refractivity contribution in [2.75, 3.05) is 31.5 Å².